The molecule has 1 aromatic rings. The highest BCUT2D eigenvalue weighted by atomic mass is 19.1. The number of amides is 2. The number of likely N-dealkylation sites (tertiary alicyclic amines) is 1. The van der Waals surface area contributed by atoms with Gasteiger partial charge in [0.05, 0.1) is 6.04 Å². The number of amidine groups is 1. The average molecular weight is 337 g/mol. The number of benzene rings is 1. The monoisotopic (exact) mass is 337 g/mol. The molecular weight excluding hydrogens is 312 g/mol. The van der Waals surface area contributed by atoms with Crippen molar-refractivity contribution in [2.75, 3.05) is 0 Å². The first-order valence-electron chi connectivity index (χ1n) is 8.57. The standard InChI is InChI=1S/C16H19F2N3O.C2H6/c1-9-4-13(5-9)20-16(22)21-14(2-3-15(21)19)10-6-11(17)8-12(18)7-10;1-2/h6-9,13-14,19H,2-5H2,1H3,(H,20,22);1-2H3. The Labute approximate surface area is 141 Å². The zero-order chi connectivity index (χ0) is 17.9. The zero-order valence-electron chi connectivity index (χ0n) is 14.4. The van der Waals surface area contributed by atoms with E-state index in [0.29, 0.717) is 24.3 Å². The molecule has 2 fully saturated rings. The van der Waals surface area contributed by atoms with Crippen LogP contribution in [0.3, 0.4) is 0 Å². The van der Waals surface area contributed by atoms with E-state index in [2.05, 4.69) is 12.2 Å². The highest BCUT2D eigenvalue weighted by Crippen LogP contribution is 2.34. The van der Waals surface area contributed by atoms with Crippen LogP contribution in [-0.4, -0.2) is 22.8 Å². The lowest BCUT2D eigenvalue weighted by Crippen LogP contribution is -2.50. The van der Waals surface area contributed by atoms with Gasteiger partial charge in [-0.25, -0.2) is 13.6 Å². The third kappa shape index (κ3) is 3.91. The number of carbonyl (C=O) groups is 1. The molecule has 1 aliphatic carbocycles. The summed E-state index contributed by atoms with van der Waals surface area (Å²) < 4.78 is 26.8. The van der Waals surface area contributed by atoms with E-state index in [-0.39, 0.29) is 17.9 Å². The van der Waals surface area contributed by atoms with E-state index in [1.54, 1.807) is 0 Å². The minimum atomic E-state index is -0.665. The summed E-state index contributed by atoms with van der Waals surface area (Å²) in [6, 6.07) is 2.60. The fraction of sp³-hybridized carbons (Fsp3) is 0.556. The molecule has 2 amide bonds. The van der Waals surface area contributed by atoms with Crippen LogP contribution in [0.5, 0.6) is 0 Å². The molecule has 1 saturated carbocycles. The summed E-state index contributed by atoms with van der Waals surface area (Å²) in [6.45, 7) is 6.12. The number of carbonyl (C=O) groups excluding carboxylic acids is 1. The summed E-state index contributed by atoms with van der Waals surface area (Å²) in [5.74, 6) is -0.529. The van der Waals surface area contributed by atoms with Crippen molar-refractivity contribution in [3.63, 3.8) is 0 Å². The van der Waals surface area contributed by atoms with Crippen LogP contribution in [-0.2, 0) is 0 Å². The molecule has 1 heterocycles. The Morgan fingerprint density at radius 2 is 1.79 bits per heavy atom. The summed E-state index contributed by atoms with van der Waals surface area (Å²) in [7, 11) is 0. The lowest BCUT2D eigenvalue weighted by Gasteiger charge is -2.35. The maximum Gasteiger partial charge on any atom is 0.323 e. The molecule has 132 valence electrons. The van der Waals surface area contributed by atoms with Crippen molar-refractivity contribution in [3.05, 3.63) is 35.4 Å². The maximum absolute atomic E-state index is 13.4. The molecule has 0 bridgehead atoms. The van der Waals surface area contributed by atoms with E-state index in [9.17, 15) is 13.6 Å². The largest absolute Gasteiger partial charge is 0.335 e. The molecule has 0 aromatic heterocycles. The predicted octanol–water partition coefficient (Wildman–Crippen LogP) is 4.61. The van der Waals surface area contributed by atoms with E-state index in [0.717, 1.165) is 18.9 Å². The van der Waals surface area contributed by atoms with Gasteiger partial charge < -0.3 is 5.32 Å². The van der Waals surface area contributed by atoms with Crippen LogP contribution in [0.25, 0.3) is 0 Å². The average Bonchev–Trinajstić information content (AvgIpc) is 2.88. The summed E-state index contributed by atoms with van der Waals surface area (Å²) in [4.78, 5) is 13.7. The first-order valence-corrected chi connectivity index (χ1v) is 8.57. The van der Waals surface area contributed by atoms with E-state index < -0.39 is 17.7 Å². The molecule has 3 rings (SSSR count). The molecule has 1 unspecified atom stereocenters. The van der Waals surface area contributed by atoms with Crippen molar-refractivity contribution >= 4 is 11.9 Å². The van der Waals surface area contributed by atoms with E-state index in [1.165, 1.54) is 17.0 Å². The fourth-order valence-electron chi connectivity index (χ4n) is 3.32. The summed E-state index contributed by atoms with van der Waals surface area (Å²) in [5.41, 5.74) is 0.400. The topological polar surface area (TPSA) is 56.2 Å². The molecule has 1 aromatic carbocycles. The number of urea groups is 1. The van der Waals surface area contributed by atoms with Crippen LogP contribution in [0.15, 0.2) is 18.2 Å². The van der Waals surface area contributed by atoms with E-state index in [4.69, 9.17) is 5.41 Å². The van der Waals surface area contributed by atoms with Gasteiger partial charge in [-0.2, -0.15) is 0 Å². The SMILES string of the molecule is CC.CC1CC(NC(=O)N2C(=N)CCC2c2cc(F)cc(F)c2)C1. The number of hydrogen-bond acceptors (Lipinski definition) is 2. The van der Waals surface area contributed by atoms with Gasteiger partial charge in [0.25, 0.3) is 0 Å². The zero-order valence-corrected chi connectivity index (χ0v) is 14.4. The second-order valence-corrected chi connectivity index (χ2v) is 6.30. The Bertz CT molecular complexity index is 594. The van der Waals surface area contributed by atoms with Crippen LogP contribution in [0, 0.1) is 23.0 Å². The third-order valence-corrected chi connectivity index (χ3v) is 4.45. The molecule has 1 saturated heterocycles. The second kappa shape index (κ2) is 7.73. The molecule has 1 atom stereocenters. The lowest BCUT2D eigenvalue weighted by molar-refractivity contribution is 0.186. The first kappa shape index (κ1) is 18.4. The Morgan fingerprint density at radius 1 is 1.21 bits per heavy atom. The number of nitrogens with zero attached hydrogens (tertiary/aromatic N) is 1. The normalized spacial score (nSPS) is 25.6. The quantitative estimate of drug-likeness (QED) is 0.813. The first-order chi connectivity index (χ1) is 11.4. The van der Waals surface area contributed by atoms with Gasteiger partial charge in [0, 0.05) is 18.5 Å². The number of rotatable bonds is 2. The Morgan fingerprint density at radius 3 is 2.33 bits per heavy atom. The second-order valence-electron chi connectivity index (χ2n) is 6.30. The van der Waals surface area contributed by atoms with Gasteiger partial charge in [-0.3, -0.25) is 10.3 Å². The van der Waals surface area contributed by atoms with E-state index >= 15 is 0 Å². The summed E-state index contributed by atoms with van der Waals surface area (Å²) in [6.07, 6.45) is 2.81. The minimum absolute atomic E-state index is 0.140. The van der Waals surface area contributed by atoms with Crippen LogP contribution in [0.4, 0.5) is 13.6 Å². The van der Waals surface area contributed by atoms with Gasteiger partial charge in [-0.1, -0.05) is 20.8 Å². The highest BCUT2D eigenvalue weighted by Gasteiger charge is 2.37. The highest BCUT2D eigenvalue weighted by molar-refractivity contribution is 5.98. The molecular formula is C18H25F2N3O. The predicted molar refractivity (Wildman–Crippen MR) is 90.0 cm³/mol. The third-order valence-electron chi connectivity index (χ3n) is 4.45. The van der Waals surface area contributed by atoms with Crippen molar-refractivity contribution in [1.82, 2.24) is 10.2 Å². The summed E-state index contributed by atoms with van der Waals surface area (Å²) >= 11 is 0. The molecule has 2 aliphatic rings. The molecule has 2 N–H and O–H groups in total. The van der Waals surface area contributed by atoms with Crippen molar-refractivity contribution < 1.29 is 13.6 Å². The van der Waals surface area contributed by atoms with Crippen molar-refractivity contribution in [3.8, 4) is 0 Å². The van der Waals surface area contributed by atoms with Gasteiger partial charge in [0.15, 0.2) is 0 Å². The van der Waals surface area contributed by atoms with Crippen LogP contribution in [0.2, 0.25) is 0 Å². The number of halogens is 2. The van der Waals surface area contributed by atoms with Crippen LogP contribution >= 0.6 is 0 Å². The Balaban J connectivity index is 0.00000100. The maximum atomic E-state index is 13.4. The molecule has 1 aliphatic heterocycles. The fourth-order valence-corrected chi connectivity index (χ4v) is 3.32. The van der Waals surface area contributed by atoms with Crippen molar-refractivity contribution in [1.29, 1.82) is 5.41 Å². The Hall–Kier alpha value is -1.98. The van der Waals surface area contributed by atoms with Gasteiger partial charge in [0.2, 0.25) is 0 Å². The van der Waals surface area contributed by atoms with Gasteiger partial charge in [-0.15, -0.1) is 0 Å². The summed E-state index contributed by atoms with van der Waals surface area (Å²) in [5, 5.41) is 10.9. The van der Waals surface area contributed by atoms with Gasteiger partial charge in [0.1, 0.15) is 17.5 Å². The van der Waals surface area contributed by atoms with Crippen molar-refractivity contribution in [2.45, 2.75) is 58.5 Å². The molecule has 0 spiro atoms. The molecule has 6 heteroatoms. The minimum Gasteiger partial charge on any atom is -0.335 e. The molecule has 4 nitrogen and oxygen atoms in total. The smallest absolute Gasteiger partial charge is 0.323 e. The van der Waals surface area contributed by atoms with Crippen molar-refractivity contribution in [2.24, 2.45) is 5.92 Å². The lowest BCUT2D eigenvalue weighted by atomic mass is 9.82. The number of nitrogens with one attached hydrogen (secondary N) is 2. The molecule has 0 radical (unpaired) electrons. The van der Waals surface area contributed by atoms with Gasteiger partial charge in [-0.05, 0) is 42.9 Å². The molecule has 24 heavy (non-hydrogen) atoms. The van der Waals surface area contributed by atoms with E-state index in [1.807, 2.05) is 13.8 Å². The van der Waals surface area contributed by atoms with Crippen LogP contribution in [0.1, 0.15) is 58.1 Å². The van der Waals surface area contributed by atoms with Gasteiger partial charge >= 0.3 is 6.03 Å². The van der Waals surface area contributed by atoms with Crippen LogP contribution < -0.4 is 5.32 Å². The number of hydrogen-bond donors (Lipinski definition) is 2. The Kier molecular flexibility index (Phi) is 5.91.